The molecule has 0 radical (unpaired) electrons. The summed E-state index contributed by atoms with van der Waals surface area (Å²) in [7, 11) is 2.08. The van der Waals surface area contributed by atoms with Crippen LogP contribution in [-0.4, -0.2) is 43.2 Å². The molecule has 3 nitrogen and oxygen atoms in total. The Morgan fingerprint density at radius 1 is 1.46 bits per heavy atom. The molecule has 0 aliphatic carbocycles. The zero-order valence-corrected chi connectivity index (χ0v) is 9.40. The first-order valence-electron chi connectivity index (χ1n) is 4.71. The van der Waals surface area contributed by atoms with E-state index in [9.17, 15) is 0 Å². The minimum absolute atomic E-state index is 0.609. The first-order chi connectivity index (χ1) is 6.16. The molecule has 0 aromatic carbocycles. The smallest absolute Gasteiger partial charge is 0.0727 e. The summed E-state index contributed by atoms with van der Waals surface area (Å²) in [5.41, 5.74) is 5.39. The van der Waals surface area contributed by atoms with Crippen molar-refractivity contribution in [2.45, 2.75) is 19.8 Å². The van der Waals surface area contributed by atoms with Crippen LogP contribution in [0.3, 0.4) is 0 Å². The van der Waals surface area contributed by atoms with Gasteiger partial charge in [-0.15, -0.1) is 0 Å². The molecule has 0 spiro atoms. The lowest BCUT2D eigenvalue weighted by Crippen LogP contribution is -2.25. The number of rotatable bonds is 8. The Labute approximate surface area is 86.2 Å². The van der Waals surface area contributed by atoms with Crippen LogP contribution in [0.25, 0.3) is 0 Å². The first-order valence-corrected chi connectivity index (χ1v) is 5.12. The fraction of sp³-hybridized carbons (Fsp3) is 0.889. The van der Waals surface area contributed by atoms with Crippen molar-refractivity contribution in [1.29, 1.82) is 0 Å². The van der Waals surface area contributed by atoms with E-state index in [-0.39, 0.29) is 0 Å². The molecule has 0 rings (SSSR count). The summed E-state index contributed by atoms with van der Waals surface area (Å²) in [5, 5.41) is 0. The molecular formula is C9H20N2OS. The van der Waals surface area contributed by atoms with Crippen LogP contribution in [0, 0.1) is 0 Å². The number of hydrogen-bond donors (Lipinski definition) is 1. The molecule has 0 atom stereocenters. The van der Waals surface area contributed by atoms with Gasteiger partial charge < -0.3 is 15.4 Å². The molecule has 0 unspecified atom stereocenters. The molecule has 13 heavy (non-hydrogen) atoms. The van der Waals surface area contributed by atoms with Gasteiger partial charge in [0, 0.05) is 13.2 Å². The van der Waals surface area contributed by atoms with Crippen LogP contribution >= 0.6 is 12.2 Å². The van der Waals surface area contributed by atoms with E-state index in [1.165, 1.54) is 0 Å². The molecule has 0 aromatic rings. The van der Waals surface area contributed by atoms with Gasteiger partial charge in [0.1, 0.15) is 0 Å². The van der Waals surface area contributed by atoms with Crippen molar-refractivity contribution in [2.75, 3.05) is 33.4 Å². The minimum Gasteiger partial charge on any atom is -0.393 e. The molecule has 0 bridgehead atoms. The van der Waals surface area contributed by atoms with Crippen molar-refractivity contribution in [1.82, 2.24) is 4.90 Å². The SMILES string of the molecule is CCOCCN(C)CCCC(N)=S. The van der Waals surface area contributed by atoms with Crippen molar-refractivity contribution >= 4 is 17.2 Å². The van der Waals surface area contributed by atoms with Gasteiger partial charge in [0.15, 0.2) is 0 Å². The van der Waals surface area contributed by atoms with E-state index in [4.69, 9.17) is 22.7 Å². The Morgan fingerprint density at radius 2 is 2.15 bits per heavy atom. The van der Waals surface area contributed by atoms with Crippen molar-refractivity contribution in [2.24, 2.45) is 5.73 Å². The summed E-state index contributed by atoms with van der Waals surface area (Å²) in [6.45, 7) is 5.61. The maximum Gasteiger partial charge on any atom is 0.0727 e. The second-order valence-corrected chi connectivity index (χ2v) is 3.59. The maximum absolute atomic E-state index is 5.39. The third-order valence-corrected chi connectivity index (χ3v) is 1.99. The highest BCUT2D eigenvalue weighted by molar-refractivity contribution is 7.80. The third kappa shape index (κ3) is 9.73. The Kier molecular flexibility index (Phi) is 8.29. The van der Waals surface area contributed by atoms with Crippen molar-refractivity contribution in [3.05, 3.63) is 0 Å². The molecule has 0 saturated heterocycles. The fourth-order valence-electron chi connectivity index (χ4n) is 1.000. The van der Waals surface area contributed by atoms with E-state index in [1.54, 1.807) is 0 Å². The van der Waals surface area contributed by atoms with Crippen LogP contribution in [0.1, 0.15) is 19.8 Å². The molecule has 4 heteroatoms. The summed E-state index contributed by atoms with van der Waals surface area (Å²) in [6, 6.07) is 0. The van der Waals surface area contributed by atoms with Gasteiger partial charge >= 0.3 is 0 Å². The maximum atomic E-state index is 5.39. The second-order valence-electron chi connectivity index (χ2n) is 3.07. The molecule has 78 valence electrons. The van der Waals surface area contributed by atoms with Crippen LogP contribution in [0.2, 0.25) is 0 Å². The lowest BCUT2D eigenvalue weighted by atomic mass is 10.3. The Morgan fingerprint density at radius 3 is 2.69 bits per heavy atom. The third-order valence-electron chi connectivity index (χ3n) is 1.78. The Hall–Kier alpha value is -0.190. The number of ether oxygens (including phenoxy) is 1. The summed E-state index contributed by atoms with van der Waals surface area (Å²) in [4.78, 5) is 2.84. The van der Waals surface area contributed by atoms with Gasteiger partial charge in [0.2, 0.25) is 0 Å². The molecule has 0 aliphatic heterocycles. The average molecular weight is 204 g/mol. The molecule has 0 saturated carbocycles. The normalized spacial score (nSPS) is 10.7. The quantitative estimate of drug-likeness (QED) is 0.473. The van der Waals surface area contributed by atoms with Gasteiger partial charge in [-0.1, -0.05) is 12.2 Å². The molecule has 0 heterocycles. The van der Waals surface area contributed by atoms with Crippen molar-refractivity contribution in [3.63, 3.8) is 0 Å². The average Bonchev–Trinajstić information content (AvgIpc) is 2.04. The molecule has 0 aliphatic rings. The molecular weight excluding hydrogens is 184 g/mol. The number of thiocarbonyl (C=S) groups is 1. The highest BCUT2D eigenvalue weighted by Gasteiger charge is 1.98. The van der Waals surface area contributed by atoms with Gasteiger partial charge in [-0.2, -0.15) is 0 Å². The summed E-state index contributed by atoms with van der Waals surface area (Å²) in [5.74, 6) is 0. The molecule has 0 fully saturated rings. The number of likely N-dealkylation sites (N-methyl/N-ethyl adjacent to an activating group) is 1. The van der Waals surface area contributed by atoms with E-state index >= 15 is 0 Å². The number of nitrogens with zero attached hydrogens (tertiary/aromatic N) is 1. The molecule has 0 amide bonds. The molecule has 0 aromatic heterocycles. The van der Waals surface area contributed by atoms with Crippen LogP contribution in [0.5, 0.6) is 0 Å². The van der Waals surface area contributed by atoms with Gasteiger partial charge in [-0.05, 0) is 33.4 Å². The minimum atomic E-state index is 0.609. The summed E-state index contributed by atoms with van der Waals surface area (Å²) < 4.78 is 5.24. The first kappa shape index (κ1) is 12.8. The van der Waals surface area contributed by atoms with Crippen LogP contribution in [0.15, 0.2) is 0 Å². The topological polar surface area (TPSA) is 38.5 Å². The standard InChI is InChI=1S/C9H20N2OS/c1-3-12-8-7-11(2)6-4-5-9(10)13/h3-8H2,1-2H3,(H2,10,13). The Bertz CT molecular complexity index is 142. The van der Waals surface area contributed by atoms with Gasteiger partial charge in [0.05, 0.1) is 11.6 Å². The predicted octanol–water partition coefficient (Wildman–Crippen LogP) is 1.02. The lowest BCUT2D eigenvalue weighted by Gasteiger charge is -2.15. The van der Waals surface area contributed by atoms with E-state index in [0.717, 1.165) is 39.1 Å². The van der Waals surface area contributed by atoms with Crippen LogP contribution in [0.4, 0.5) is 0 Å². The van der Waals surface area contributed by atoms with Gasteiger partial charge in [-0.25, -0.2) is 0 Å². The summed E-state index contributed by atoms with van der Waals surface area (Å²) in [6.07, 6.45) is 1.88. The van der Waals surface area contributed by atoms with E-state index in [1.807, 2.05) is 6.92 Å². The van der Waals surface area contributed by atoms with E-state index in [2.05, 4.69) is 11.9 Å². The molecule has 2 N–H and O–H groups in total. The fourth-order valence-corrected chi connectivity index (χ4v) is 1.14. The monoisotopic (exact) mass is 204 g/mol. The van der Waals surface area contributed by atoms with Crippen LogP contribution in [-0.2, 0) is 4.74 Å². The van der Waals surface area contributed by atoms with Crippen molar-refractivity contribution in [3.8, 4) is 0 Å². The van der Waals surface area contributed by atoms with E-state index in [0.29, 0.717) is 4.99 Å². The van der Waals surface area contributed by atoms with Crippen molar-refractivity contribution < 1.29 is 4.74 Å². The second kappa shape index (κ2) is 8.41. The lowest BCUT2D eigenvalue weighted by molar-refractivity contribution is 0.122. The van der Waals surface area contributed by atoms with Crippen LogP contribution < -0.4 is 5.73 Å². The highest BCUT2D eigenvalue weighted by Crippen LogP contribution is 1.92. The van der Waals surface area contributed by atoms with Gasteiger partial charge in [-0.3, -0.25) is 0 Å². The van der Waals surface area contributed by atoms with Gasteiger partial charge in [0.25, 0.3) is 0 Å². The number of hydrogen-bond acceptors (Lipinski definition) is 3. The summed E-state index contributed by atoms with van der Waals surface area (Å²) >= 11 is 4.79. The van der Waals surface area contributed by atoms with E-state index < -0.39 is 0 Å². The zero-order chi connectivity index (χ0) is 10.1. The predicted molar refractivity (Wildman–Crippen MR) is 60.0 cm³/mol. The number of nitrogens with two attached hydrogens (primary N) is 1. The largest absolute Gasteiger partial charge is 0.393 e. The highest BCUT2D eigenvalue weighted by atomic mass is 32.1. The zero-order valence-electron chi connectivity index (χ0n) is 8.58. The Balaban J connectivity index is 3.19.